The molecule has 5 heteroatoms. The predicted octanol–water partition coefficient (Wildman–Crippen LogP) is 3.82. The van der Waals surface area contributed by atoms with Gasteiger partial charge in [-0.3, -0.25) is 4.90 Å². The molecule has 0 bridgehead atoms. The summed E-state index contributed by atoms with van der Waals surface area (Å²) in [6, 6.07) is 14.4. The molecule has 2 aromatic carbocycles. The number of methoxy groups -OCH3 is 2. The molecule has 0 saturated heterocycles. The van der Waals surface area contributed by atoms with Crippen molar-refractivity contribution in [1.82, 2.24) is 4.90 Å². The number of benzene rings is 2. The van der Waals surface area contributed by atoms with Gasteiger partial charge < -0.3 is 15.2 Å². The summed E-state index contributed by atoms with van der Waals surface area (Å²) in [6.45, 7) is 3.42. The van der Waals surface area contributed by atoms with Crippen molar-refractivity contribution in [3.05, 3.63) is 58.1 Å². The van der Waals surface area contributed by atoms with E-state index in [1.54, 1.807) is 14.2 Å². The van der Waals surface area contributed by atoms with Gasteiger partial charge in [-0.25, -0.2) is 0 Å². The number of nitrogens with two attached hydrogens (primary N) is 1. The minimum Gasteiger partial charge on any atom is -0.497 e. The van der Waals surface area contributed by atoms with Gasteiger partial charge in [0.2, 0.25) is 0 Å². The Morgan fingerprint density at radius 1 is 0.958 bits per heavy atom. The Labute approximate surface area is 152 Å². The van der Waals surface area contributed by atoms with Crippen LogP contribution < -0.4 is 15.2 Å². The first kappa shape index (κ1) is 18.8. The van der Waals surface area contributed by atoms with E-state index in [-0.39, 0.29) is 0 Å². The fourth-order valence-electron chi connectivity index (χ4n) is 2.58. The van der Waals surface area contributed by atoms with Gasteiger partial charge in [-0.2, -0.15) is 0 Å². The average molecular weight is 393 g/mol. The van der Waals surface area contributed by atoms with Gasteiger partial charge in [-0.05, 0) is 64.3 Å². The lowest BCUT2D eigenvalue weighted by atomic mass is 10.1. The molecule has 0 unspecified atom stereocenters. The van der Waals surface area contributed by atoms with Crippen LogP contribution >= 0.6 is 15.9 Å². The molecule has 0 amide bonds. The smallest absolute Gasteiger partial charge is 0.133 e. The summed E-state index contributed by atoms with van der Waals surface area (Å²) in [4.78, 5) is 2.41. The van der Waals surface area contributed by atoms with Gasteiger partial charge in [0.1, 0.15) is 11.5 Å². The lowest BCUT2D eigenvalue weighted by molar-refractivity contribution is 0.255. The van der Waals surface area contributed by atoms with E-state index in [0.29, 0.717) is 6.54 Å². The summed E-state index contributed by atoms with van der Waals surface area (Å²) in [6.07, 6.45) is 0.980. The minimum atomic E-state index is 0.700. The van der Waals surface area contributed by atoms with E-state index in [1.807, 2.05) is 18.2 Å². The van der Waals surface area contributed by atoms with Crippen LogP contribution in [0.2, 0.25) is 0 Å². The molecule has 130 valence electrons. The molecule has 0 aromatic heterocycles. The van der Waals surface area contributed by atoms with E-state index >= 15 is 0 Å². The highest BCUT2D eigenvalue weighted by molar-refractivity contribution is 9.10. The van der Waals surface area contributed by atoms with E-state index in [4.69, 9.17) is 15.2 Å². The maximum atomic E-state index is 5.70. The molecule has 2 N–H and O–H groups in total. The normalized spacial score (nSPS) is 10.9. The molecular weight excluding hydrogens is 368 g/mol. The molecule has 0 aliphatic heterocycles. The van der Waals surface area contributed by atoms with Crippen molar-refractivity contribution in [3.63, 3.8) is 0 Å². The van der Waals surface area contributed by atoms with E-state index in [2.05, 4.69) is 45.1 Å². The van der Waals surface area contributed by atoms with Gasteiger partial charge in [-0.1, -0.05) is 18.2 Å². The van der Waals surface area contributed by atoms with Crippen LogP contribution in [0.15, 0.2) is 46.9 Å². The fourth-order valence-corrected chi connectivity index (χ4v) is 3.17. The molecule has 0 saturated carbocycles. The van der Waals surface area contributed by atoms with E-state index in [9.17, 15) is 0 Å². The van der Waals surface area contributed by atoms with Crippen LogP contribution in [0.1, 0.15) is 17.5 Å². The summed E-state index contributed by atoms with van der Waals surface area (Å²) in [5, 5.41) is 0. The molecule has 0 spiro atoms. The summed E-state index contributed by atoms with van der Waals surface area (Å²) >= 11 is 3.56. The number of halogens is 1. The number of nitrogens with zero attached hydrogens (tertiary/aromatic N) is 1. The first-order valence-electron chi connectivity index (χ1n) is 8.04. The van der Waals surface area contributed by atoms with Crippen molar-refractivity contribution >= 4 is 15.9 Å². The Hall–Kier alpha value is -1.56. The standard InChI is InChI=1S/C19H25BrN2O2/c1-23-17-7-4-15(5-8-17)13-22(11-3-10-21)14-16-6-9-19(24-2)18(20)12-16/h4-9,12H,3,10-11,13-14,21H2,1-2H3. The van der Waals surface area contributed by atoms with Gasteiger partial charge in [0.25, 0.3) is 0 Å². The van der Waals surface area contributed by atoms with Crippen molar-refractivity contribution in [2.75, 3.05) is 27.3 Å². The second-order valence-electron chi connectivity index (χ2n) is 5.67. The van der Waals surface area contributed by atoms with Crippen LogP contribution in [0.5, 0.6) is 11.5 Å². The lowest BCUT2D eigenvalue weighted by Crippen LogP contribution is -2.25. The second-order valence-corrected chi connectivity index (χ2v) is 6.52. The number of hydrogen-bond donors (Lipinski definition) is 1. The molecule has 0 radical (unpaired) electrons. The third kappa shape index (κ3) is 5.51. The Balaban J connectivity index is 2.07. The quantitative estimate of drug-likeness (QED) is 0.704. The Bertz CT molecular complexity index is 632. The monoisotopic (exact) mass is 392 g/mol. The largest absolute Gasteiger partial charge is 0.497 e. The van der Waals surface area contributed by atoms with E-state index in [0.717, 1.165) is 42.0 Å². The van der Waals surface area contributed by atoms with Crippen LogP contribution in [0.4, 0.5) is 0 Å². The van der Waals surface area contributed by atoms with Gasteiger partial charge in [0, 0.05) is 19.6 Å². The van der Waals surface area contributed by atoms with Crippen molar-refractivity contribution in [3.8, 4) is 11.5 Å². The Kier molecular flexibility index (Phi) is 7.56. The highest BCUT2D eigenvalue weighted by atomic mass is 79.9. The van der Waals surface area contributed by atoms with Crippen LogP contribution in [-0.4, -0.2) is 32.2 Å². The third-order valence-electron chi connectivity index (χ3n) is 3.87. The van der Waals surface area contributed by atoms with Gasteiger partial charge in [0.05, 0.1) is 18.7 Å². The summed E-state index contributed by atoms with van der Waals surface area (Å²) in [5.74, 6) is 1.73. The van der Waals surface area contributed by atoms with Crippen molar-refractivity contribution in [2.24, 2.45) is 5.73 Å². The van der Waals surface area contributed by atoms with Crippen molar-refractivity contribution in [1.29, 1.82) is 0 Å². The van der Waals surface area contributed by atoms with Crippen LogP contribution in [0.3, 0.4) is 0 Å². The molecule has 24 heavy (non-hydrogen) atoms. The Morgan fingerprint density at radius 3 is 2.21 bits per heavy atom. The van der Waals surface area contributed by atoms with Gasteiger partial charge in [-0.15, -0.1) is 0 Å². The van der Waals surface area contributed by atoms with Gasteiger partial charge >= 0.3 is 0 Å². The number of ether oxygens (including phenoxy) is 2. The first-order valence-corrected chi connectivity index (χ1v) is 8.83. The van der Waals surface area contributed by atoms with Crippen molar-refractivity contribution in [2.45, 2.75) is 19.5 Å². The fraction of sp³-hybridized carbons (Fsp3) is 0.368. The zero-order valence-electron chi connectivity index (χ0n) is 14.3. The molecule has 0 atom stereocenters. The van der Waals surface area contributed by atoms with Crippen LogP contribution in [0, 0.1) is 0 Å². The van der Waals surface area contributed by atoms with Crippen molar-refractivity contribution < 1.29 is 9.47 Å². The number of rotatable bonds is 9. The summed E-state index contributed by atoms with van der Waals surface area (Å²) in [7, 11) is 3.36. The third-order valence-corrected chi connectivity index (χ3v) is 4.49. The van der Waals surface area contributed by atoms with E-state index < -0.39 is 0 Å². The minimum absolute atomic E-state index is 0.700. The highest BCUT2D eigenvalue weighted by Crippen LogP contribution is 2.26. The maximum absolute atomic E-state index is 5.70. The first-order chi connectivity index (χ1) is 11.7. The molecule has 2 aromatic rings. The molecule has 0 aliphatic carbocycles. The van der Waals surface area contributed by atoms with Crippen LogP contribution in [-0.2, 0) is 13.1 Å². The molecular formula is C19H25BrN2O2. The highest BCUT2D eigenvalue weighted by Gasteiger charge is 2.09. The molecule has 0 fully saturated rings. The predicted molar refractivity (Wildman–Crippen MR) is 101 cm³/mol. The zero-order chi connectivity index (χ0) is 17.4. The molecule has 0 aliphatic rings. The van der Waals surface area contributed by atoms with Crippen LogP contribution in [0.25, 0.3) is 0 Å². The van der Waals surface area contributed by atoms with E-state index in [1.165, 1.54) is 11.1 Å². The molecule has 0 heterocycles. The number of hydrogen-bond acceptors (Lipinski definition) is 4. The van der Waals surface area contributed by atoms with Gasteiger partial charge in [0.15, 0.2) is 0 Å². The SMILES string of the molecule is COc1ccc(CN(CCCN)Cc2ccc(OC)c(Br)c2)cc1. The molecule has 2 rings (SSSR count). The Morgan fingerprint density at radius 2 is 1.62 bits per heavy atom. The topological polar surface area (TPSA) is 47.7 Å². The second kappa shape index (κ2) is 9.67. The average Bonchev–Trinajstić information content (AvgIpc) is 2.60. The zero-order valence-corrected chi connectivity index (χ0v) is 15.9. The summed E-state index contributed by atoms with van der Waals surface area (Å²) in [5.41, 5.74) is 8.20. The summed E-state index contributed by atoms with van der Waals surface area (Å²) < 4.78 is 11.5. The maximum Gasteiger partial charge on any atom is 0.133 e. The molecule has 4 nitrogen and oxygen atoms in total. The lowest BCUT2D eigenvalue weighted by Gasteiger charge is -2.23.